The number of nitrogens with two attached hydrogens (primary N) is 1. The number of nitrogen functional groups attached to an aromatic ring is 1. The highest BCUT2D eigenvalue weighted by Gasteiger charge is 2.55. The summed E-state index contributed by atoms with van der Waals surface area (Å²) in [5.41, 5.74) is 1.49. The van der Waals surface area contributed by atoms with Gasteiger partial charge in [-0.3, -0.25) is 0 Å². The zero-order valence-corrected chi connectivity index (χ0v) is 12.9. The zero-order chi connectivity index (χ0) is 19.1. The van der Waals surface area contributed by atoms with Crippen LogP contribution < -0.4 is 10.5 Å². The van der Waals surface area contributed by atoms with Gasteiger partial charge in [0.25, 0.3) is 0 Å². The molecule has 26 heavy (non-hydrogen) atoms. The lowest BCUT2D eigenvalue weighted by Crippen LogP contribution is -2.37. The van der Waals surface area contributed by atoms with Crippen LogP contribution in [0.2, 0.25) is 0 Å². The van der Waals surface area contributed by atoms with Crippen LogP contribution in [0.4, 0.5) is 32.0 Å². The molecule has 1 aliphatic rings. The molecule has 0 aromatic heterocycles. The summed E-state index contributed by atoms with van der Waals surface area (Å²) in [6.07, 6.45) is -3.36. The normalized spacial score (nSPS) is 23.4. The van der Waals surface area contributed by atoms with Gasteiger partial charge >= 0.3 is 0 Å². The van der Waals surface area contributed by atoms with Gasteiger partial charge in [0.15, 0.2) is 29.5 Å². The fourth-order valence-corrected chi connectivity index (χ4v) is 2.47. The van der Waals surface area contributed by atoms with Crippen molar-refractivity contribution in [3.8, 4) is 11.5 Å². The van der Waals surface area contributed by atoms with E-state index < -0.39 is 40.7 Å². The molecule has 8 heteroatoms. The van der Waals surface area contributed by atoms with E-state index in [1.54, 1.807) is 24.3 Å². The van der Waals surface area contributed by atoms with Crippen molar-refractivity contribution in [3.63, 3.8) is 0 Å². The van der Waals surface area contributed by atoms with E-state index in [2.05, 4.69) is 0 Å². The van der Waals surface area contributed by atoms with E-state index in [1.807, 2.05) is 0 Å². The first-order chi connectivity index (χ1) is 12.2. The number of halogens is 6. The topological polar surface area (TPSA) is 35.2 Å². The lowest BCUT2D eigenvalue weighted by Gasteiger charge is -2.30. The van der Waals surface area contributed by atoms with Crippen molar-refractivity contribution in [1.29, 1.82) is 0 Å². The Hall–Kier alpha value is -2.90. The van der Waals surface area contributed by atoms with Gasteiger partial charge in [0.2, 0.25) is 5.67 Å². The molecule has 2 unspecified atom stereocenters. The van der Waals surface area contributed by atoms with Crippen molar-refractivity contribution < 1.29 is 31.1 Å². The molecule has 0 radical (unpaired) electrons. The van der Waals surface area contributed by atoms with Gasteiger partial charge in [-0.05, 0) is 42.0 Å². The highest BCUT2D eigenvalue weighted by molar-refractivity contribution is 5.47. The minimum Gasteiger partial charge on any atom is -0.457 e. The minimum absolute atomic E-state index is 0.167. The smallest absolute Gasteiger partial charge is 0.227 e. The van der Waals surface area contributed by atoms with Crippen LogP contribution in [0.5, 0.6) is 11.5 Å². The largest absolute Gasteiger partial charge is 0.457 e. The second kappa shape index (κ2) is 6.44. The Morgan fingerprint density at radius 2 is 1.31 bits per heavy atom. The Labute approximate surface area is 144 Å². The number of rotatable bonds is 3. The van der Waals surface area contributed by atoms with E-state index in [-0.39, 0.29) is 5.75 Å². The van der Waals surface area contributed by atoms with Gasteiger partial charge < -0.3 is 10.5 Å². The van der Waals surface area contributed by atoms with Crippen molar-refractivity contribution in [1.82, 2.24) is 0 Å². The number of hydrogen-bond acceptors (Lipinski definition) is 2. The molecule has 0 aliphatic heterocycles. The Bertz CT molecular complexity index is 891. The van der Waals surface area contributed by atoms with Crippen LogP contribution in [-0.4, -0.2) is 6.17 Å². The van der Waals surface area contributed by atoms with Gasteiger partial charge in [-0.15, -0.1) is 0 Å². The fraction of sp³-hybridized carbons (Fsp3) is 0.111. The van der Waals surface area contributed by atoms with E-state index in [1.165, 1.54) is 0 Å². The summed E-state index contributed by atoms with van der Waals surface area (Å²) < 4.78 is 87.9. The van der Waals surface area contributed by atoms with Crippen molar-refractivity contribution in [2.24, 2.45) is 0 Å². The number of benzene rings is 2. The van der Waals surface area contributed by atoms with Gasteiger partial charge in [0.05, 0.1) is 0 Å². The molecule has 0 bridgehead atoms. The Morgan fingerprint density at radius 1 is 0.808 bits per heavy atom. The molecular formula is C18H11F6NO. The van der Waals surface area contributed by atoms with Crippen LogP contribution >= 0.6 is 0 Å². The lowest BCUT2D eigenvalue weighted by molar-refractivity contribution is 0.0541. The van der Waals surface area contributed by atoms with Crippen LogP contribution in [-0.2, 0) is 5.67 Å². The predicted octanol–water partition coefficient (Wildman–Crippen LogP) is 5.88. The standard InChI is InChI=1S/C18H11F6NO/c19-13-14(20)16(22)18(24,17(23)15(13)21)9-1-5-11(6-2-9)26-12-7-3-10(25)4-8-12/h1-8,16H,25H2. The molecule has 0 saturated carbocycles. The van der Waals surface area contributed by atoms with Crippen molar-refractivity contribution >= 4 is 5.69 Å². The molecule has 0 amide bonds. The van der Waals surface area contributed by atoms with E-state index in [9.17, 15) is 26.3 Å². The summed E-state index contributed by atoms with van der Waals surface area (Å²) in [6, 6.07) is 10.3. The quantitative estimate of drug-likeness (QED) is 0.540. The Balaban J connectivity index is 1.91. The van der Waals surface area contributed by atoms with Crippen LogP contribution in [0.25, 0.3) is 0 Å². The molecule has 2 aromatic rings. The average Bonchev–Trinajstić information content (AvgIpc) is 2.65. The van der Waals surface area contributed by atoms with E-state index in [0.717, 1.165) is 24.3 Å². The summed E-state index contributed by atoms with van der Waals surface area (Å²) in [7, 11) is 0. The summed E-state index contributed by atoms with van der Waals surface area (Å²) in [6.45, 7) is 0. The molecule has 0 spiro atoms. The predicted molar refractivity (Wildman–Crippen MR) is 83.5 cm³/mol. The first kappa shape index (κ1) is 17.9. The maximum atomic E-state index is 14.8. The molecule has 2 nitrogen and oxygen atoms in total. The van der Waals surface area contributed by atoms with E-state index >= 15 is 0 Å². The van der Waals surface area contributed by atoms with Crippen LogP contribution in [0.15, 0.2) is 71.8 Å². The van der Waals surface area contributed by atoms with Crippen molar-refractivity contribution in [3.05, 3.63) is 77.4 Å². The third-order valence-corrected chi connectivity index (χ3v) is 3.88. The first-order valence-corrected chi connectivity index (χ1v) is 7.33. The van der Waals surface area contributed by atoms with Crippen molar-refractivity contribution in [2.45, 2.75) is 11.8 Å². The maximum absolute atomic E-state index is 14.8. The summed E-state index contributed by atoms with van der Waals surface area (Å²) in [5, 5.41) is 0. The zero-order valence-electron chi connectivity index (χ0n) is 12.9. The Kier molecular flexibility index (Phi) is 4.43. The molecule has 2 N–H and O–H groups in total. The molecule has 1 aliphatic carbocycles. The molecule has 2 aromatic carbocycles. The van der Waals surface area contributed by atoms with Crippen molar-refractivity contribution in [2.75, 3.05) is 5.73 Å². The summed E-state index contributed by atoms with van der Waals surface area (Å²) in [4.78, 5) is 0. The Morgan fingerprint density at radius 3 is 1.85 bits per heavy atom. The van der Waals surface area contributed by atoms with Crippen LogP contribution in [0.1, 0.15) is 5.56 Å². The SMILES string of the molecule is Nc1ccc(Oc2ccc(C3(F)C(F)=C(F)C(F)=C(F)C3F)cc2)cc1. The van der Waals surface area contributed by atoms with Gasteiger partial charge in [0.1, 0.15) is 11.5 Å². The number of alkyl halides is 2. The van der Waals surface area contributed by atoms with Gasteiger partial charge in [-0.25, -0.2) is 26.3 Å². The molecule has 136 valence electrons. The minimum atomic E-state index is -3.82. The van der Waals surface area contributed by atoms with Crippen LogP contribution in [0.3, 0.4) is 0 Å². The lowest BCUT2D eigenvalue weighted by atomic mass is 9.85. The van der Waals surface area contributed by atoms with Gasteiger partial charge in [0, 0.05) is 5.69 Å². The average molecular weight is 371 g/mol. The summed E-state index contributed by atoms with van der Waals surface area (Å²) >= 11 is 0. The number of ether oxygens (including phenoxy) is 1. The third-order valence-electron chi connectivity index (χ3n) is 3.88. The van der Waals surface area contributed by atoms with Gasteiger partial charge in [-0.1, -0.05) is 12.1 Å². The maximum Gasteiger partial charge on any atom is 0.227 e. The highest BCUT2D eigenvalue weighted by atomic mass is 19.2. The molecule has 3 rings (SSSR count). The number of hydrogen-bond donors (Lipinski definition) is 1. The monoisotopic (exact) mass is 371 g/mol. The van der Waals surface area contributed by atoms with Crippen LogP contribution in [0, 0.1) is 0 Å². The second-order valence-corrected chi connectivity index (χ2v) is 5.56. The third kappa shape index (κ3) is 2.81. The molecule has 0 saturated heterocycles. The molecule has 0 heterocycles. The summed E-state index contributed by atoms with van der Waals surface area (Å²) in [5.74, 6) is -8.94. The van der Waals surface area contributed by atoms with E-state index in [0.29, 0.717) is 11.4 Å². The first-order valence-electron chi connectivity index (χ1n) is 7.33. The number of allylic oxidation sites excluding steroid dienone is 4. The molecule has 0 fully saturated rings. The second-order valence-electron chi connectivity index (χ2n) is 5.56. The number of anilines is 1. The van der Waals surface area contributed by atoms with E-state index in [4.69, 9.17) is 10.5 Å². The fourth-order valence-electron chi connectivity index (χ4n) is 2.47. The molecular weight excluding hydrogens is 360 g/mol. The van der Waals surface area contributed by atoms with Gasteiger partial charge in [-0.2, -0.15) is 0 Å². The molecule has 2 atom stereocenters. The highest BCUT2D eigenvalue weighted by Crippen LogP contribution is 2.50.